The van der Waals surface area contributed by atoms with Gasteiger partial charge >= 0.3 is 0 Å². The molecule has 2 fully saturated rings. The van der Waals surface area contributed by atoms with Gasteiger partial charge in [-0.05, 0) is 49.7 Å². The van der Waals surface area contributed by atoms with Crippen LogP contribution in [0, 0.1) is 0 Å². The minimum absolute atomic E-state index is 0.496. The van der Waals surface area contributed by atoms with E-state index >= 15 is 0 Å². The average molecular weight is 346 g/mol. The fraction of sp³-hybridized carbons (Fsp3) is 0.812. The molecule has 9 nitrogen and oxygen atoms in total. The number of nitrogens with zero attached hydrogens (tertiary/aromatic N) is 8. The number of rotatable bonds is 7. The van der Waals surface area contributed by atoms with E-state index in [1.54, 1.807) is 0 Å². The zero-order valence-corrected chi connectivity index (χ0v) is 15.0. The van der Waals surface area contributed by atoms with Gasteiger partial charge in [0.05, 0.1) is 19.1 Å². The molecule has 1 aliphatic carbocycles. The van der Waals surface area contributed by atoms with E-state index in [9.17, 15) is 0 Å². The zero-order valence-electron chi connectivity index (χ0n) is 15.0. The first-order valence-electron chi connectivity index (χ1n) is 9.23. The van der Waals surface area contributed by atoms with Crippen molar-refractivity contribution in [3.05, 3.63) is 17.5 Å². The molecule has 0 unspecified atom stereocenters. The van der Waals surface area contributed by atoms with Crippen LogP contribution in [0.15, 0.2) is 4.52 Å². The summed E-state index contributed by atoms with van der Waals surface area (Å²) in [4.78, 5) is 9.22. The summed E-state index contributed by atoms with van der Waals surface area (Å²) >= 11 is 0. The summed E-state index contributed by atoms with van der Waals surface area (Å²) in [5.41, 5.74) is 0. The Labute approximate surface area is 147 Å². The normalized spacial score (nSPS) is 22.0. The molecule has 1 aliphatic heterocycles. The summed E-state index contributed by atoms with van der Waals surface area (Å²) in [7, 11) is 2.17. The van der Waals surface area contributed by atoms with Crippen LogP contribution >= 0.6 is 0 Å². The molecule has 9 heteroatoms. The highest BCUT2D eigenvalue weighted by molar-refractivity contribution is 4.92. The molecule has 1 atom stereocenters. The molecule has 0 amide bonds. The molecule has 1 saturated heterocycles. The van der Waals surface area contributed by atoms with E-state index in [0.717, 1.165) is 44.2 Å². The number of hydrogen-bond donors (Lipinski definition) is 0. The van der Waals surface area contributed by atoms with Crippen LogP contribution in [0.25, 0.3) is 0 Å². The molecule has 0 aromatic carbocycles. The maximum atomic E-state index is 5.22. The summed E-state index contributed by atoms with van der Waals surface area (Å²) in [6.45, 7) is 5.67. The molecular formula is C16H26N8O. The SMILES string of the molecule is CCc1nc(CN2CCC[C@@H](N(C)Cc3nnnn3C3CC3)C2)no1. The highest BCUT2D eigenvalue weighted by Gasteiger charge is 2.30. The van der Waals surface area contributed by atoms with E-state index in [4.69, 9.17) is 4.52 Å². The Balaban J connectivity index is 1.34. The Hall–Kier alpha value is -1.87. The second-order valence-corrected chi connectivity index (χ2v) is 7.18. The van der Waals surface area contributed by atoms with E-state index in [1.165, 1.54) is 25.7 Å². The van der Waals surface area contributed by atoms with Gasteiger partial charge in [0.1, 0.15) is 0 Å². The van der Waals surface area contributed by atoms with E-state index < -0.39 is 0 Å². The molecule has 4 rings (SSSR count). The summed E-state index contributed by atoms with van der Waals surface area (Å²) in [6, 6.07) is 1.02. The zero-order chi connectivity index (χ0) is 17.2. The van der Waals surface area contributed by atoms with Crippen molar-refractivity contribution in [1.82, 2.24) is 40.1 Å². The predicted octanol–water partition coefficient (Wildman–Crippen LogP) is 1.05. The quantitative estimate of drug-likeness (QED) is 0.735. The summed E-state index contributed by atoms with van der Waals surface area (Å²) in [6.07, 6.45) is 5.56. The molecule has 25 heavy (non-hydrogen) atoms. The molecule has 0 N–H and O–H groups in total. The Bertz CT molecular complexity index is 694. The lowest BCUT2D eigenvalue weighted by Crippen LogP contribution is -2.46. The molecule has 1 saturated carbocycles. The first-order chi connectivity index (χ1) is 12.2. The topological polar surface area (TPSA) is 89.0 Å². The third kappa shape index (κ3) is 3.87. The lowest BCUT2D eigenvalue weighted by Gasteiger charge is -2.36. The van der Waals surface area contributed by atoms with Crippen LogP contribution in [0.5, 0.6) is 0 Å². The van der Waals surface area contributed by atoms with Crippen molar-refractivity contribution in [3.8, 4) is 0 Å². The maximum absolute atomic E-state index is 5.22. The van der Waals surface area contributed by atoms with E-state index in [0.29, 0.717) is 18.0 Å². The second kappa shape index (κ2) is 7.17. The lowest BCUT2D eigenvalue weighted by molar-refractivity contribution is 0.102. The standard InChI is InChI=1S/C16H26N8O/c1-3-16-17-14(19-25-16)10-23-8-4-5-13(9-23)22(2)11-15-18-20-21-24(15)12-6-7-12/h12-13H,3-11H2,1-2H3/t13-/m1/s1. The molecule has 3 heterocycles. The van der Waals surface area contributed by atoms with Crippen molar-refractivity contribution in [1.29, 1.82) is 0 Å². The number of piperidine rings is 1. The third-order valence-corrected chi connectivity index (χ3v) is 5.13. The minimum Gasteiger partial charge on any atom is -0.339 e. The van der Waals surface area contributed by atoms with Gasteiger partial charge < -0.3 is 4.52 Å². The van der Waals surface area contributed by atoms with Gasteiger partial charge in [-0.1, -0.05) is 12.1 Å². The van der Waals surface area contributed by atoms with Crippen LogP contribution in [0.4, 0.5) is 0 Å². The molecule has 0 spiro atoms. The first-order valence-corrected chi connectivity index (χ1v) is 9.23. The second-order valence-electron chi connectivity index (χ2n) is 7.18. The van der Waals surface area contributed by atoms with Crippen LogP contribution in [-0.2, 0) is 19.5 Å². The Morgan fingerprint density at radius 1 is 1.28 bits per heavy atom. The van der Waals surface area contributed by atoms with E-state index in [-0.39, 0.29) is 0 Å². The van der Waals surface area contributed by atoms with Crippen LogP contribution in [0.2, 0.25) is 0 Å². The van der Waals surface area contributed by atoms with Gasteiger partial charge in [-0.25, -0.2) is 4.68 Å². The summed E-state index contributed by atoms with van der Waals surface area (Å²) in [5, 5.41) is 16.3. The van der Waals surface area contributed by atoms with Gasteiger partial charge in [0.15, 0.2) is 11.6 Å². The molecule has 0 radical (unpaired) electrons. The minimum atomic E-state index is 0.496. The van der Waals surface area contributed by atoms with Crippen LogP contribution in [0.1, 0.15) is 56.2 Å². The van der Waals surface area contributed by atoms with Crippen LogP contribution < -0.4 is 0 Å². The fourth-order valence-electron chi connectivity index (χ4n) is 3.50. The molecule has 2 aromatic rings. The van der Waals surface area contributed by atoms with Crippen LogP contribution in [0.3, 0.4) is 0 Å². The van der Waals surface area contributed by atoms with Gasteiger partial charge in [-0.2, -0.15) is 4.98 Å². The Morgan fingerprint density at radius 2 is 2.16 bits per heavy atom. The number of aromatic nitrogens is 6. The largest absolute Gasteiger partial charge is 0.339 e. The van der Waals surface area contributed by atoms with Gasteiger partial charge in [0.2, 0.25) is 5.89 Å². The smallest absolute Gasteiger partial charge is 0.226 e. The summed E-state index contributed by atoms with van der Waals surface area (Å²) in [5.74, 6) is 2.48. The molecule has 2 aliphatic rings. The van der Waals surface area contributed by atoms with Gasteiger partial charge in [-0.3, -0.25) is 9.80 Å². The monoisotopic (exact) mass is 346 g/mol. The molecule has 136 valence electrons. The third-order valence-electron chi connectivity index (χ3n) is 5.13. The van der Waals surface area contributed by atoms with Gasteiger partial charge in [0, 0.05) is 19.0 Å². The van der Waals surface area contributed by atoms with E-state index in [1.807, 2.05) is 11.6 Å². The number of likely N-dealkylation sites (N-methyl/N-ethyl adjacent to an activating group) is 1. The van der Waals surface area contributed by atoms with Crippen molar-refractivity contribution < 1.29 is 4.52 Å². The lowest BCUT2D eigenvalue weighted by atomic mass is 10.0. The number of tetrazole rings is 1. The van der Waals surface area contributed by atoms with Crippen LogP contribution in [-0.4, -0.2) is 66.3 Å². The van der Waals surface area contributed by atoms with Gasteiger partial charge in [0.25, 0.3) is 0 Å². The predicted molar refractivity (Wildman–Crippen MR) is 89.5 cm³/mol. The van der Waals surface area contributed by atoms with Crippen molar-refractivity contribution in [2.75, 3.05) is 20.1 Å². The molecule has 0 bridgehead atoms. The van der Waals surface area contributed by atoms with Crippen molar-refractivity contribution in [3.63, 3.8) is 0 Å². The summed E-state index contributed by atoms with van der Waals surface area (Å²) < 4.78 is 7.22. The number of likely N-dealkylation sites (tertiary alicyclic amines) is 1. The maximum Gasteiger partial charge on any atom is 0.226 e. The van der Waals surface area contributed by atoms with Crippen molar-refractivity contribution in [2.45, 2.75) is 64.2 Å². The van der Waals surface area contributed by atoms with Crippen molar-refractivity contribution in [2.24, 2.45) is 0 Å². The highest BCUT2D eigenvalue weighted by atomic mass is 16.5. The first kappa shape index (κ1) is 16.6. The van der Waals surface area contributed by atoms with Gasteiger partial charge in [-0.15, -0.1) is 5.10 Å². The average Bonchev–Trinajstić information content (AvgIpc) is 3.19. The van der Waals surface area contributed by atoms with E-state index in [2.05, 4.69) is 42.5 Å². The number of aryl methyl sites for hydroxylation is 1. The Morgan fingerprint density at radius 3 is 2.92 bits per heavy atom. The Kier molecular flexibility index (Phi) is 4.76. The molecule has 2 aromatic heterocycles. The fourth-order valence-corrected chi connectivity index (χ4v) is 3.50. The highest BCUT2D eigenvalue weighted by Crippen LogP contribution is 2.34. The number of hydrogen-bond acceptors (Lipinski definition) is 8. The van der Waals surface area contributed by atoms with Crippen molar-refractivity contribution >= 4 is 0 Å². The molecular weight excluding hydrogens is 320 g/mol.